The Labute approximate surface area is 83.2 Å². The number of benzene rings is 1. The van der Waals surface area contributed by atoms with E-state index in [1.807, 2.05) is 43.3 Å². The van der Waals surface area contributed by atoms with Crippen LogP contribution in [0.15, 0.2) is 48.8 Å². The predicted molar refractivity (Wildman–Crippen MR) is 55.5 cm³/mol. The third-order valence-corrected chi connectivity index (χ3v) is 1.94. The molecule has 2 heteroatoms. The molecule has 0 aliphatic carbocycles. The van der Waals surface area contributed by atoms with Crippen LogP contribution in [0.3, 0.4) is 0 Å². The minimum Gasteiger partial charge on any atom is -0.457 e. The van der Waals surface area contributed by atoms with Crippen molar-refractivity contribution in [3.63, 3.8) is 0 Å². The van der Waals surface area contributed by atoms with Crippen molar-refractivity contribution in [1.29, 1.82) is 0 Å². The van der Waals surface area contributed by atoms with Crippen LogP contribution in [-0.2, 0) is 0 Å². The molecule has 0 spiro atoms. The van der Waals surface area contributed by atoms with Crippen LogP contribution in [-0.4, -0.2) is 4.98 Å². The third-order valence-electron chi connectivity index (χ3n) is 1.94. The van der Waals surface area contributed by atoms with Crippen molar-refractivity contribution in [3.8, 4) is 11.5 Å². The molecule has 1 heterocycles. The summed E-state index contributed by atoms with van der Waals surface area (Å²) < 4.78 is 5.67. The van der Waals surface area contributed by atoms with Gasteiger partial charge in [-0.3, -0.25) is 4.98 Å². The van der Waals surface area contributed by atoms with E-state index in [-0.39, 0.29) is 0 Å². The van der Waals surface area contributed by atoms with Crippen LogP contribution in [0.25, 0.3) is 0 Å². The van der Waals surface area contributed by atoms with E-state index in [4.69, 9.17) is 4.74 Å². The van der Waals surface area contributed by atoms with E-state index in [2.05, 4.69) is 4.98 Å². The van der Waals surface area contributed by atoms with Crippen LogP contribution in [0.5, 0.6) is 11.5 Å². The smallest absolute Gasteiger partial charge is 0.133 e. The summed E-state index contributed by atoms with van der Waals surface area (Å²) in [6.07, 6.45) is 3.52. The Morgan fingerprint density at radius 2 is 1.86 bits per heavy atom. The quantitative estimate of drug-likeness (QED) is 0.716. The van der Waals surface area contributed by atoms with Gasteiger partial charge in [-0.1, -0.05) is 18.2 Å². The van der Waals surface area contributed by atoms with Gasteiger partial charge in [-0.15, -0.1) is 0 Å². The Balaban J connectivity index is 2.24. The lowest BCUT2D eigenvalue weighted by Gasteiger charge is -2.06. The van der Waals surface area contributed by atoms with Crippen molar-refractivity contribution in [1.82, 2.24) is 4.98 Å². The maximum absolute atomic E-state index is 5.67. The molecule has 2 rings (SSSR count). The third kappa shape index (κ3) is 1.91. The van der Waals surface area contributed by atoms with Crippen LogP contribution in [0.2, 0.25) is 0 Å². The Morgan fingerprint density at radius 3 is 2.57 bits per heavy atom. The zero-order valence-electron chi connectivity index (χ0n) is 7.97. The topological polar surface area (TPSA) is 22.1 Å². The van der Waals surface area contributed by atoms with Crippen molar-refractivity contribution in [2.75, 3.05) is 0 Å². The molecular weight excluding hydrogens is 174 g/mol. The van der Waals surface area contributed by atoms with E-state index in [9.17, 15) is 0 Å². The maximum atomic E-state index is 5.67. The van der Waals surface area contributed by atoms with Crippen molar-refractivity contribution in [2.24, 2.45) is 0 Å². The molecule has 0 bridgehead atoms. The Bertz CT molecular complexity index is 412. The molecule has 70 valence electrons. The van der Waals surface area contributed by atoms with Crippen LogP contribution in [0, 0.1) is 6.92 Å². The Kier molecular flexibility index (Phi) is 2.45. The largest absolute Gasteiger partial charge is 0.457 e. The van der Waals surface area contributed by atoms with Gasteiger partial charge in [0.05, 0.1) is 0 Å². The molecule has 1 aromatic carbocycles. The first-order valence-corrected chi connectivity index (χ1v) is 4.50. The van der Waals surface area contributed by atoms with Gasteiger partial charge in [0.2, 0.25) is 0 Å². The normalized spacial score (nSPS) is 9.79. The van der Waals surface area contributed by atoms with Gasteiger partial charge in [0.15, 0.2) is 0 Å². The highest BCUT2D eigenvalue weighted by molar-refractivity contribution is 5.34. The van der Waals surface area contributed by atoms with Crippen molar-refractivity contribution >= 4 is 0 Å². The summed E-state index contributed by atoms with van der Waals surface area (Å²) >= 11 is 0. The second-order valence-corrected chi connectivity index (χ2v) is 3.06. The zero-order chi connectivity index (χ0) is 9.80. The highest BCUT2D eigenvalue weighted by atomic mass is 16.5. The first-order valence-electron chi connectivity index (χ1n) is 4.50. The first kappa shape index (κ1) is 8.75. The number of ether oxygens (including phenoxy) is 1. The minimum atomic E-state index is 0.849. The van der Waals surface area contributed by atoms with E-state index in [1.165, 1.54) is 0 Å². The fourth-order valence-corrected chi connectivity index (χ4v) is 1.19. The van der Waals surface area contributed by atoms with E-state index >= 15 is 0 Å². The Morgan fingerprint density at radius 1 is 1.07 bits per heavy atom. The van der Waals surface area contributed by atoms with Crippen molar-refractivity contribution in [3.05, 3.63) is 54.4 Å². The predicted octanol–water partition coefficient (Wildman–Crippen LogP) is 3.18. The highest BCUT2D eigenvalue weighted by Crippen LogP contribution is 2.22. The van der Waals surface area contributed by atoms with Gasteiger partial charge in [-0.2, -0.15) is 0 Å². The molecule has 0 unspecified atom stereocenters. The lowest BCUT2D eigenvalue weighted by molar-refractivity contribution is 0.478. The SMILES string of the molecule is Cc1cnccc1Oc1ccccc1. The molecule has 14 heavy (non-hydrogen) atoms. The summed E-state index contributed by atoms with van der Waals surface area (Å²) in [5.74, 6) is 1.70. The molecular formula is C12H11NO. The average Bonchev–Trinajstić information content (AvgIpc) is 2.23. The lowest BCUT2D eigenvalue weighted by Crippen LogP contribution is -1.87. The molecule has 1 aromatic heterocycles. The standard InChI is InChI=1S/C12H11NO/c1-10-9-13-8-7-12(10)14-11-5-3-2-4-6-11/h2-9H,1H3. The number of aryl methyl sites for hydroxylation is 1. The lowest BCUT2D eigenvalue weighted by atomic mass is 10.3. The summed E-state index contributed by atoms with van der Waals surface area (Å²) in [7, 11) is 0. The second-order valence-electron chi connectivity index (χ2n) is 3.06. The second kappa shape index (κ2) is 3.92. The van der Waals surface area contributed by atoms with Gasteiger partial charge in [-0.05, 0) is 25.1 Å². The molecule has 0 saturated heterocycles. The number of hydrogen-bond donors (Lipinski definition) is 0. The summed E-state index contributed by atoms with van der Waals surface area (Å²) in [4.78, 5) is 4.01. The Hall–Kier alpha value is -1.83. The molecule has 2 aromatic rings. The summed E-state index contributed by atoms with van der Waals surface area (Å²) in [5, 5.41) is 0. The van der Waals surface area contributed by atoms with Gasteiger partial charge >= 0.3 is 0 Å². The highest BCUT2D eigenvalue weighted by Gasteiger charge is 1.98. The van der Waals surface area contributed by atoms with Gasteiger partial charge in [0, 0.05) is 18.0 Å². The van der Waals surface area contributed by atoms with Crippen LogP contribution in [0.1, 0.15) is 5.56 Å². The maximum Gasteiger partial charge on any atom is 0.133 e. The fraction of sp³-hybridized carbons (Fsp3) is 0.0833. The molecule has 0 N–H and O–H groups in total. The molecule has 0 amide bonds. The summed E-state index contributed by atoms with van der Waals surface area (Å²) in [6, 6.07) is 11.6. The van der Waals surface area contributed by atoms with Crippen molar-refractivity contribution in [2.45, 2.75) is 6.92 Å². The average molecular weight is 185 g/mol. The van der Waals surface area contributed by atoms with E-state index in [0.717, 1.165) is 17.1 Å². The fourth-order valence-electron chi connectivity index (χ4n) is 1.19. The van der Waals surface area contributed by atoms with Gasteiger partial charge in [0.1, 0.15) is 11.5 Å². The number of nitrogens with zero attached hydrogens (tertiary/aromatic N) is 1. The number of aromatic nitrogens is 1. The molecule has 0 aliphatic heterocycles. The monoisotopic (exact) mass is 185 g/mol. The van der Waals surface area contributed by atoms with E-state index in [1.54, 1.807) is 12.4 Å². The molecule has 0 aliphatic rings. The number of para-hydroxylation sites is 1. The van der Waals surface area contributed by atoms with Crippen molar-refractivity contribution < 1.29 is 4.74 Å². The van der Waals surface area contributed by atoms with Gasteiger partial charge < -0.3 is 4.74 Å². The molecule has 0 atom stereocenters. The number of rotatable bonds is 2. The molecule has 2 nitrogen and oxygen atoms in total. The van der Waals surface area contributed by atoms with Gasteiger partial charge in [-0.25, -0.2) is 0 Å². The minimum absolute atomic E-state index is 0.849. The number of pyridine rings is 1. The van der Waals surface area contributed by atoms with Gasteiger partial charge in [0.25, 0.3) is 0 Å². The van der Waals surface area contributed by atoms with Crippen LogP contribution in [0.4, 0.5) is 0 Å². The van der Waals surface area contributed by atoms with Crippen LogP contribution >= 0.6 is 0 Å². The molecule has 0 radical (unpaired) electrons. The summed E-state index contributed by atoms with van der Waals surface area (Å²) in [5.41, 5.74) is 1.04. The first-order chi connectivity index (χ1) is 6.86. The van der Waals surface area contributed by atoms with Crippen LogP contribution < -0.4 is 4.74 Å². The number of hydrogen-bond acceptors (Lipinski definition) is 2. The van der Waals surface area contributed by atoms with E-state index in [0.29, 0.717) is 0 Å². The zero-order valence-corrected chi connectivity index (χ0v) is 7.97. The summed E-state index contributed by atoms with van der Waals surface area (Å²) in [6.45, 7) is 1.98. The molecule has 0 saturated carbocycles. The molecule has 0 fully saturated rings. The van der Waals surface area contributed by atoms with E-state index < -0.39 is 0 Å².